The van der Waals surface area contributed by atoms with Gasteiger partial charge in [0.2, 0.25) is 0 Å². The Morgan fingerprint density at radius 3 is 2.85 bits per heavy atom. The number of aromatic nitrogens is 3. The summed E-state index contributed by atoms with van der Waals surface area (Å²) in [6.07, 6.45) is 1.64. The molecule has 0 unspecified atom stereocenters. The minimum absolute atomic E-state index is 0.0526. The van der Waals surface area contributed by atoms with Crippen molar-refractivity contribution in [2.24, 2.45) is 0 Å². The highest BCUT2D eigenvalue weighted by Crippen LogP contribution is 2.29. The lowest BCUT2D eigenvalue weighted by Gasteiger charge is -2.01. The average molecular weight is 334 g/mol. The lowest BCUT2D eigenvalue weighted by Crippen LogP contribution is -1.94. The van der Waals surface area contributed by atoms with E-state index < -0.39 is 4.92 Å². The molecule has 0 aliphatic carbocycles. The second-order valence-electron chi connectivity index (χ2n) is 4.14. The third-order valence-corrected chi connectivity index (χ3v) is 3.24. The van der Waals surface area contributed by atoms with Crippen LogP contribution in [-0.4, -0.2) is 19.9 Å². The molecule has 3 aromatic rings. The SMILES string of the molecule is Nc1cc([N+](=O)[O-])ccc1-c1nc2ncc(Br)cc2[nH]1. The van der Waals surface area contributed by atoms with Crippen molar-refractivity contribution in [3.8, 4) is 11.4 Å². The third-order valence-electron chi connectivity index (χ3n) is 2.81. The number of nitro benzene ring substituents is 1. The zero-order valence-electron chi connectivity index (χ0n) is 10.0. The Bertz CT molecular complexity index is 830. The Morgan fingerprint density at radius 1 is 1.35 bits per heavy atom. The molecular weight excluding hydrogens is 326 g/mol. The Labute approximate surface area is 121 Å². The lowest BCUT2D eigenvalue weighted by atomic mass is 10.1. The number of fused-ring (bicyclic) bond motifs is 1. The molecule has 0 bridgehead atoms. The van der Waals surface area contributed by atoms with Gasteiger partial charge in [0.25, 0.3) is 5.69 Å². The summed E-state index contributed by atoms with van der Waals surface area (Å²) in [7, 11) is 0. The number of hydrogen-bond acceptors (Lipinski definition) is 5. The first-order valence-electron chi connectivity index (χ1n) is 5.60. The molecule has 0 radical (unpaired) electrons. The van der Waals surface area contributed by atoms with Crippen LogP contribution >= 0.6 is 15.9 Å². The fourth-order valence-corrected chi connectivity index (χ4v) is 2.21. The first-order chi connectivity index (χ1) is 9.54. The number of rotatable bonds is 2. The van der Waals surface area contributed by atoms with Gasteiger partial charge in [-0.25, -0.2) is 9.97 Å². The fourth-order valence-electron chi connectivity index (χ4n) is 1.88. The molecule has 0 fully saturated rings. The van der Waals surface area contributed by atoms with E-state index in [1.165, 1.54) is 12.1 Å². The van der Waals surface area contributed by atoms with Crippen molar-refractivity contribution in [2.45, 2.75) is 0 Å². The van der Waals surface area contributed by atoms with Crippen molar-refractivity contribution in [2.75, 3.05) is 5.73 Å². The molecule has 8 heteroatoms. The Balaban J connectivity index is 2.13. The number of anilines is 1. The number of imidazole rings is 1. The number of nitrogens with zero attached hydrogens (tertiary/aromatic N) is 3. The molecule has 0 amide bonds. The van der Waals surface area contributed by atoms with E-state index in [4.69, 9.17) is 5.73 Å². The number of benzene rings is 1. The van der Waals surface area contributed by atoms with Crippen LogP contribution in [0.4, 0.5) is 11.4 Å². The van der Waals surface area contributed by atoms with Gasteiger partial charge >= 0.3 is 0 Å². The Kier molecular flexibility index (Phi) is 2.87. The van der Waals surface area contributed by atoms with Crippen LogP contribution in [-0.2, 0) is 0 Å². The summed E-state index contributed by atoms with van der Waals surface area (Å²) in [4.78, 5) is 21.8. The smallest absolute Gasteiger partial charge is 0.271 e. The van der Waals surface area contributed by atoms with Crippen molar-refractivity contribution in [3.05, 3.63) is 45.0 Å². The third kappa shape index (κ3) is 2.10. The molecule has 7 nitrogen and oxygen atoms in total. The largest absolute Gasteiger partial charge is 0.398 e. The summed E-state index contributed by atoms with van der Waals surface area (Å²) in [6.45, 7) is 0. The quantitative estimate of drug-likeness (QED) is 0.425. The number of aromatic amines is 1. The lowest BCUT2D eigenvalue weighted by molar-refractivity contribution is -0.384. The molecule has 3 N–H and O–H groups in total. The minimum Gasteiger partial charge on any atom is -0.398 e. The van der Waals surface area contributed by atoms with E-state index in [0.29, 0.717) is 17.0 Å². The minimum atomic E-state index is -0.489. The maximum absolute atomic E-state index is 10.7. The van der Waals surface area contributed by atoms with Crippen LogP contribution in [0.25, 0.3) is 22.6 Å². The van der Waals surface area contributed by atoms with Crippen molar-refractivity contribution in [1.82, 2.24) is 15.0 Å². The maximum Gasteiger partial charge on any atom is 0.271 e. The molecular formula is C12H8BrN5O2. The molecule has 100 valence electrons. The number of halogens is 1. The number of nitro groups is 1. The zero-order chi connectivity index (χ0) is 14.3. The van der Waals surface area contributed by atoms with Gasteiger partial charge < -0.3 is 10.7 Å². The summed E-state index contributed by atoms with van der Waals surface area (Å²) < 4.78 is 0.830. The van der Waals surface area contributed by atoms with E-state index in [1.807, 2.05) is 6.07 Å². The first kappa shape index (κ1) is 12.5. The monoisotopic (exact) mass is 333 g/mol. The molecule has 20 heavy (non-hydrogen) atoms. The fraction of sp³-hybridized carbons (Fsp3) is 0. The van der Waals surface area contributed by atoms with E-state index >= 15 is 0 Å². The van der Waals surface area contributed by atoms with E-state index in [0.717, 1.165) is 9.99 Å². The van der Waals surface area contributed by atoms with Crippen molar-refractivity contribution >= 4 is 38.5 Å². The molecule has 3 rings (SSSR count). The molecule has 0 atom stereocenters. The molecule has 0 spiro atoms. The maximum atomic E-state index is 10.7. The summed E-state index contributed by atoms with van der Waals surface area (Å²) in [5, 5.41) is 10.7. The van der Waals surface area contributed by atoms with Crippen molar-refractivity contribution in [3.63, 3.8) is 0 Å². The highest BCUT2D eigenvalue weighted by atomic mass is 79.9. The number of nitrogens with one attached hydrogen (secondary N) is 1. The van der Waals surface area contributed by atoms with Gasteiger partial charge in [0.1, 0.15) is 5.82 Å². The predicted octanol–water partition coefficient (Wildman–Crippen LogP) is 2.88. The number of nitrogens with two attached hydrogens (primary N) is 1. The Hall–Kier alpha value is -2.48. The second kappa shape index (κ2) is 4.57. The molecule has 0 aliphatic heterocycles. The van der Waals surface area contributed by atoms with Crippen LogP contribution in [0, 0.1) is 10.1 Å². The summed E-state index contributed by atoms with van der Waals surface area (Å²) in [5.74, 6) is 0.526. The molecule has 2 aromatic heterocycles. The van der Waals surface area contributed by atoms with Gasteiger partial charge in [0, 0.05) is 34.1 Å². The van der Waals surface area contributed by atoms with E-state index in [1.54, 1.807) is 12.3 Å². The molecule has 0 saturated carbocycles. The normalized spacial score (nSPS) is 10.8. The topological polar surface area (TPSA) is 111 Å². The molecule has 0 saturated heterocycles. The van der Waals surface area contributed by atoms with Gasteiger partial charge in [0.15, 0.2) is 5.65 Å². The van der Waals surface area contributed by atoms with Crippen LogP contribution in [0.2, 0.25) is 0 Å². The number of hydrogen-bond donors (Lipinski definition) is 2. The van der Waals surface area contributed by atoms with Crippen LogP contribution in [0.15, 0.2) is 34.9 Å². The van der Waals surface area contributed by atoms with Crippen LogP contribution in [0.5, 0.6) is 0 Å². The van der Waals surface area contributed by atoms with Crippen LogP contribution < -0.4 is 5.73 Å². The number of H-pyrrole nitrogens is 1. The molecule has 0 aliphatic rings. The van der Waals surface area contributed by atoms with Crippen LogP contribution in [0.1, 0.15) is 0 Å². The standard InChI is InChI=1S/C12H8BrN5O2/c13-6-3-10-12(15-5-6)17-11(16-10)8-2-1-7(18(19)20)4-9(8)14/h1-5H,14H2,(H,15,16,17). The Morgan fingerprint density at radius 2 is 2.15 bits per heavy atom. The zero-order valence-corrected chi connectivity index (χ0v) is 11.6. The first-order valence-corrected chi connectivity index (χ1v) is 6.39. The predicted molar refractivity (Wildman–Crippen MR) is 78.1 cm³/mol. The molecule has 2 heterocycles. The van der Waals surface area contributed by atoms with Gasteiger partial charge in [-0.1, -0.05) is 0 Å². The van der Waals surface area contributed by atoms with E-state index in [-0.39, 0.29) is 11.4 Å². The highest BCUT2D eigenvalue weighted by molar-refractivity contribution is 9.10. The van der Waals surface area contributed by atoms with Gasteiger partial charge in [-0.05, 0) is 28.1 Å². The van der Waals surface area contributed by atoms with Crippen molar-refractivity contribution < 1.29 is 4.92 Å². The van der Waals surface area contributed by atoms with Crippen LogP contribution in [0.3, 0.4) is 0 Å². The number of non-ortho nitro benzene ring substituents is 1. The van der Waals surface area contributed by atoms with Gasteiger partial charge in [0.05, 0.1) is 10.4 Å². The number of nitrogen functional groups attached to an aromatic ring is 1. The summed E-state index contributed by atoms with van der Waals surface area (Å²) in [5.41, 5.74) is 8.00. The average Bonchev–Trinajstić information content (AvgIpc) is 2.80. The second-order valence-corrected chi connectivity index (χ2v) is 5.05. The van der Waals surface area contributed by atoms with Gasteiger partial charge in [-0.3, -0.25) is 10.1 Å². The summed E-state index contributed by atoms with van der Waals surface area (Å²) in [6, 6.07) is 6.12. The highest BCUT2D eigenvalue weighted by Gasteiger charge is 2.13. The van der Waals surface area contributed by atoms with Gasteiger partial charge in [-0.2, -0.15) is 0 Å². The molecule has 1 aromatic carbocycles. The van der Waals surface area contributed by atoms with Gasteiger partial charge in [-0.15, -0.1) is 0 Å². The van der Waals surface area contributed by atoms with Crippen molar-refractivity contribution in [1.29, 1.82) is 0 Å². The van der Waals surface area contributed by atoms with E-state index in [9.17, 15) is 10.1 Å². The number of pyridine rings is 1. The van der Waals surface area contributed by atoms with E-state index in [2.05, 4.69) is 30.9 Å². The summed E-state index contributed by atoms with van der Waals surface area (Å²) >= 11 is 3.33.